The van der Waals surface area contributed by atoms with Gasteiger partial charge in [-0.1, -0.05) is 20.3 Å². The number of nitrogens with two attached hydrogens (primary N) is 1. The van der Waals surface area contributed by atoms with Gasteiger partial charge in [-0.15, -0.1) is 0 Å². The second-order valence-electron chi connectivity index (χ2n) is 4.47. The summed E-state index contributed by atoms with van der Waals surface area (Å²) < 4.78 is 10.9. The summed E-state index contributed by atoms with van der Waals surface area (Å²) in [6.45, 7) is 5.70. The number of unbranched alkanes of at least 4 members (excludes halogenated alkanes) is 1. The summed E-state index contributed by atoms with van der Waals surface area (Å²) in [5.41, 5.74) is 7.07. The monoisotopic (exact) mass is 280 g/mol. The van der Waals surface area contributed by atoms with Gasteiger partial charge in [-0.3, -0.25) is 4.79 Å². The summed E-state index contributed by atoms with van der Waals surface area (Å²) in [7, 11) is 0. The van der Waals surface area contributed by atoms with Crippen LogP contribution in [0, 0.1) is 0 Å². The summed E-state index contributed by atoms with van der Waals surface area (Å²) in [5, 5.41) is 2.75. The van der Waals surface area contributed by atoms with Crippen molar-refractivity contribution in [2.24, 2.45) is 0 Å². The largest absolute Gasteiger partial charge is 0.489 e. The summed E-state index contributed by atoms with van der Waals surface area (Å²) in [6, 6.07) is 5.23. The van der Waals surface area contributed by atoms with Crippen molar-refractivity contribution in [2.45, 2.75) is 33.1 Å². The van der Waals surface area contributed by atoms with Gasteiger partial charge in [0.25, 0.3) is 0 Å². The number of nitrogen functional groups attached to an aromatic ring is 1. The van der Waals surface area contributed by atoms with Gasteiger partial charge in [-0.25, -0.2) is 0 Å². The maximum absolute atomic E-state index is 11.3. The van der Waals surface area contributed by atoms with E-state index in [9.17, 15) is 4.79 Å². The first kappa shape index (κ1) is 16.3. The molecule has 5 nitrogen and oxygen atoms in total. The Balaban J connectivity index is 2.38. The Morgan fingerprint density at radius 2 is 2.05 bits per heavy atom. The van der Waals surface area contributed by atoms with E-state index in [2.05, 4.69) is 12.2 Å². The minimum atomic E-state index is -0.0395. The van der Waals surface area contributed by atoms with Crippen LogP contribution >= 0.6 is 0 Å². The number of carbonyl (C=O) groups excluding carboxylic acids is 1. The van der Waals surface area contributed by atoms with Crippen molar-refractivity contribution in [3.05, 3.63) is 18.2 Å². The summed E-state index contributed by atoms with van der Waals surface area (Å²) in [5.74, 6) is 0.570. The zero-order valence-corrected chi connectivity index (χ0v) is 12.3. The molecule has 1 rings (SSSR count). The van der Waals surface area contributed by atoms with Crippen molar-refractivity contribution >= 4 is 17.3 Å². The molecule has 20 heavy (non-hydrogen) atoms. The molecule has 0 aromatic heterocycles. The summed E-state index contributed by atoms with van der Waals surface area (Å²) in [6.07, 6.45) is 2.62. The van der Waals surface area contributed by atoms with Crippen LogP contribution < -0.4 is 15.8 Å². The van der Waals surface area contributed by atoms with E-state index in [4.69, 9.17) is 15.2 Å². The van der Waals surface area contributed by atoms with Crippen molar-refractivity contribution in [1.82, 2.24) is 0 Å². The normalized spacial score (nSPS) is 10.3. The fourth-order valence-electron chi connectivity index (χ4n) is 1.57. The number of hydrogen-bond acceptors (Lipinski definition) is 4. The SMILES string of the molecule is CCCCOCCOc1ccc(NC(=O)CC)cc1N. The van der Waals surface area contributed by atoms with Gasteiger partial charge in [0.2, 0.25) is 5.91 Å². The fraction of sp³-hybridized carbons (Fsp3) is 0.533. The molecule has 1 aromatic carbocycles. The van der Waals surface area contributed by atoms with Crippen LogP contribution in [0.5, 0.6) is 5.75 Å². The molecule has 3 N–H and O–H groups in total. The average molecular weight is 280 g/mol. The van der Waals surface area contributed by atoms with Crippen LogP contribution in [0.2, 0.25) is 0 Å². The highest BCUT2D eigenvalue weighted by molar-refractivity contribution is 5.91. The lowest BCUT2D eigenvalue weighted by Gasteiger charge is -2.11. The number of rotatable bonds is 9. The highest BCUT2D eigenvalue weighted by atomic mass is 16.5. The molecule has 0 heterocycles. The second kappa shape index (κ2) is 9.20. The van der Waals surface area contributed by atoms with Gasteiger partial charge in [0, 0.05) is 18.7 Å². The molecule has 0 unspecified atom stereocenters. The van der Waals surface area contributed by atoms with Gasteiger partial charge in [0.1, 0.15) is 12.4 Å². The maximum atomic E-state index is 11.3. The van der Waals surface area contributed by atoms with E-state index < -0.39 is 0 Å². The molecule has 0 spiro atoms. The highest BCUT2D eigenvalue weighted by Crippen LogP contribution is 2.25. The molecule has 0 aliphatic heterocycles. The van der Waals surface area contributed by atoms with E-state index in [0.717, 1.165) is 19.4 Å². The molecular weight excluding hydrogens is 256 g/mol. The molecule has 0 saturated carbocycles. The summed E-state index contributed by atoms with van der Waals surface area (Å²) in [4.78, 5) is 11.3. The molecule has 0 fully saturated rings. The van der Waals surface area contributed by atoms with Gasteiger partial charge in [0.15, 0.2) is 0 Å². The number of amides is 1. The Kier molecular flexibility index (Phi) is 7.50. The van der Waals surface area contributed by atoms with Crippen LogP contribution in [0.3, 0.4) is 0 Å². The van der Waals surface area contributed by atoms with Crippen LogP contribution in [0.25, 0.3) is 0 Å². The first-order valence-corrected chi connectivity index (χ1v) is 7.07. The Morgan fingerprint density at radius 1 is 1.25 bits per heavy atom. The van der Waals surface area contributed by atoms with Gasteiger partial charge in [-0.2, -0.15) is 0 Å². The van der Waals surface area contributed by atoms with Crippen LogP contribution in [0.4, 0.5) is 11.4 Å². The third-order valence-electron chi connectivity index (χ3n) is 2.74. The van der Waals surface area contributed by atoms with Gasteiger partial charge in [0.05, 0.1) is 12.3 Å². The maximum Gasteiger partial charge on any atom is 0.224 e. The Hall–Kier alpha value is -1.75. The Morgan fingerprint density at radius 3 is 2.70 bits per heavy atom. The first-order chi connectivity index (χ1) is 9.67. The van der Waals surface area contributed by atoms with E-state index >= 15 is 0 Å². The standard InChI is InChI=1S/C15H24N2O3/c1-3-5-8-19-9-10-20-14-7-6-12(11-13(14)16)17-15(18)4-2/h6-7,11H,3-5,8-10,16H2,1-2H3,(H,17,18). The van der Waals surface area contributed by atoms with Crippen molar-refractivity contribution < 1.29 is 14.3 Å². The molecule has 0 aliphatic carbocycles. The van der Waals surface area contributed by atoms with Crippen LogP contribution in [-0.2, 0) is 9.53 Å². The van der Waals surface area contributed by atoms with Crippen molar-refractivity contribution in [3.63, 3.8) is 0 Å². The van der Waals surface area contributed by atoms with E-state index in [1.807, 2.05) is 0 Å². The fourth-order valence-corrected chi connectivity index (χ4v) is 1.57. The molecule has 0 saturated heterocycles. The first-order valence-electron chi connectivity index (χ1n) is 7.07. The van der Waals surface area contributed by atoms with Crippen LogP contribution in [-0.4, -0.2) is 25.7 Å². The zero-order valence-electron chi connectivity index (χ0n) is 12.3. The number of anilines is 2. The van der Waals surface area contributed by atoms with E-state index in [-0.39, 0.29) is 5.91 Å². The molecule has 1 amide bonds. The van der Waals surface area contributed by atoms with Gasteiger partial charge in [-0.05, 0) is 24.6 Å². The van der Waals surface area contributed by atoms with Gasteiger partial charge < -0.3 is 20.5 Å². The van der Waals surface area contributed by atoms with Crippen molar-refractivity contribution in [3.8, 4) is 5.75 Å². The lowest BCUT2D eigenvalue weighted by atomic mass is 10.2. The third-order valence-corrected chi connectivity index (χ3v) is 2.74. The van der Waals surface area contributed by atoms with Crippen LogP contribution in [0.15, 0.2) is 18.2 Å². The number of carbonyl (C=O) groups is 1. The minimum Gasteiger partial charge on any atom is -0.489 e. The molecule has 112 valence electrons. The average Bonchev–Trinajstić information content (AvgIpc) is 2.44. The predicted molar refractivity (Wildman–Crippen MR) is 81.0 cm³/mol. The van der Waals surface area contributed by atoms with E-state index in [1.54, 1.807) is 25.1 Å². The molecule has 1 aromatic rings. The zero-order chi connectivity index (χ0) is 14.8. The van der Waals surface area contributed by atoms with E-state index in [1.165, 1.54) is 0 Å². The second-order valence-corrected chi connectivity index (χ2v) is 4.47. The number of benzene rings is 1. The predicted octanol–water partition coefficient (Wildman–Crippen LogP) is 2.81. The Bertz CT molecular complexity index is 422. The van der Waals surface area contributed by atoms with E-state index in [0.29, 0.717) is 36.8 Å². The smallest absolute Gasteiger partial charge is 0.224 e. The molecule has 5 heteroatoms. The Labute approximate surface area is 120 Å². The topological polar surface area (TPSA) is 73.6 Å². The van der Waals surface area contributed by atoms with Gasteiger partial charge >= 0.3 is 0 Å². The summed E-state index contributed by atoms with van der Waals surface area (Å²) >= 11 is 0. The van der Waals surface area contributed by atoms with Crippen molar-refractivity contribution in [1.29, 1.82) is 0 Å². The molecular formula is C15H24N2O3. The number of nitrogens with one attached hydrogen (secondary N) is 1. The third kappa shape index (κ3) is 5.93. The molecule has 0 bridgehead atoms. The number of ether oxygens (including phenoxy) is 2. The van der Waals surface area contributed by atoms with Crippen molar-refractivity contribution in [2.75, 3.05) is 30.9 Å². The highest BCUT2D eigenvalue weighted by Gasteiger charge is 2.04. The molecule has 0 atom stereocenters. The van der Waals surface area contributed by atoms with Crippen LogP contribution in [0.1, 0.15) is 33.1 Å². The lowest BCUT2D eigenvalue weighted by Crippen LogP contribution is -2.11. The lowest BCUT2D eigenvalue weighted by molar-refractivity contribution is -0.115. The number of hydrogen-bond donors (Lipinski definition) is 2. The molecule has 0 radical (unpaired) electrons. The quantitative estimate of drug-likeness (QED) is 0.539. The molecule has 0 aliphatic rings. The minimum absolute atomic E-state index is 0.0395.